The summed E-state index contributed by atoms with van der Waals surface area (Å²) < 4.78 is 18.9. The lowest BCUT2D eigenvalue weighted by molar-refractivity contribution is -0.170. The predicted molar refractivity (Wildman–Crippen MR) is 136 cm³/mol. The maximum atomic E-state index is 13.0. The molecule has 2 aromatic rings. The molecule has 2 aromatic heterocycles. The Morgan fingerprint density at radius 3 is 2.71 bits per heavy atom. The lowest BCUT2D eigenvalue weighted by atomic mass is 9.87. The number of aliphatic hydroxyl groups excluding tert-OH is 2. The van der Waals surface area contributed by atoms with Crippen LogP contribution in [0, 0.1) is 22.7 Å². The van der Waals surface area contributed by atoms with Crippen LogP contribution in [0.5, 0.6) is 0 Å². The molecule has 6 N–H and O–H groups in total. The third-order valence-electron chi connectivity index (χ3n) is 7.61. The summed E-state index contributed by atoms with van der Waals surface area (Å²) in [6, 6.07) is 4.21. The first kappa shape index (κ1) is 28.2. The van der Waals surface area contributed by atoms with Crippen LogP contribution in [0.4, 0.5) is 5.82 Å². The Balaban J connectivity index is 1.60. The third-order valence-corrected chi connectivity index (χ3v) is 7.61. The lowest BCUT2D eigenvalue weighted by Gasteiger charge is -2.29. The van der Waals surface area contributed by atoms with Crippen LogP contribution >= 0.6 is 0 Å². The van der Waals surface area contributed by atoms with Crippen molar-refractivity contribution >= 4 is 17.3 Å². The summed E-state index contributed by atoms with van der Waals surface area (Å²) in [6.45, 7) is 5.15. The molecule has 0 radical (unpaired) electrons. The Bertz CT molecular complexity index is 1170. The highest BCUT2D eigenvalue weighted by Crippen LogP contribution is 2.42. The zero-order valence-electron chi connectivity index (χ0n) is 22.1. The molecule has 0 aromatic carbocycles. The largest absolute Gasteiger partial charge is 0.455 e. The molecule has 208 valence electrons. The van der Waals surface area contributed by atoms with Crippen molar-refractivity contribution in [3.8, 4) is 6.07 Å². The van der Waals surface area contributed by atoms with Crippen LogP contribution in [-0.4, -0.2) is 68.0 Å². The summed E-state index contributed by atoms with van der Waals surface area (Å²) in [5, 5.41) is 36.5. The van der Waals surface area contributed by atoms with E-state index in [0.717, 1.165) is 25.7 Å². The van der Waals surface area contributed by atoms with Gasteiger partial charge in [-0.1, -0.05) is 52.9 Å². The fraction of sp³-hybridized carbons (Fsp3) is 0.692. The van der Waals surface area contributed by atoms with E-state index in [1.807, 2.05) is 0 Å². The Hall–Kier alpha value is -2.82. The molecule has 12 heteroatoms. The zero-order chi connectivity index (χ0) is 27.7. The lowest BCUT2D eigenvalue weighted by Crippen LogP contribution is -2.49. The standard InChI is InChI=1S/C26H38N6O6/c1-25(2,3)21(28)24(35)37-20-17(12-36-19(33)11-15-7-5-4-6-8-15)38-26(13-27,22(20)34)18-10-9-16-23(29)30-14-31-32(16)18/h9-10,14-15,17,19-22,33-34H,4-8,11-12,28H2,1-3H3,(H2,29,30,31)/t17-,19?,20-,21-,22-,26+/m1/s1. The molecule has 2 fully saturated rings. The molecule has 6 atom stereocenters. The van der Waals surface area contributed by atoms with E-state index < -0.39 is 47.6 Å². The number of nitrogen functional groups attached to an aromatic ring is 1. The average Bonchev–Trinajstić information content (AvgIpc) is 3.43. The number of aromatic nitrogens is 3. The van der Waals surface area contributed by atoms with Crippen molar-refractivity contribution in [2.24, 2.45) is 17.1 Å². The van der Waals surface area contributed by atoms with Crippen LogP contribution in [0.3, 0.4) is 0 Å². The number of nitrogens with two attached hydrogens (primary N) is 2. The number of hydrogen-bond acceptors (Lipinski definition) is 11. The van der Waals surface area contributed by atoms with Crippen molar-refractivity contribution in [2.75, 3.05) is 12.3 Å². The van der Waals surface area contributed by atoms with Crippen LogP contribution in [0.25, 0.3) is 5.52 Å². The monoisotopic (exact) mass is 530 g/mol. The highest BCUT2D eigenvalue weighted by Gasteiger charge is 2.60. The van der Waals surface area contributed by atoms with Gasteiger partial charge in [-0.15, -0.1) is 0 Å². The van der Waals surface area contributed by atoms with Crippen LogP contribution in [0.2, 0.25) is 0 Å². The van der Waals surface area contributed by atoms with E-state index in [1.54, 1.807) is 32.9 Å². The van der Waals surface area contributed by atoms with Gasteiger partial charge in [0, 0.05) is 6.42 Å². The highest BCUT2D eigenvalue weighted by molar-refractivity contribution is 5.76. The van der Waals surface area contributed by atoms with Crippen LogP contribution in [0.1, 0.15) is 65.0 Å². The summed E-state index contributed by atoms with van der Waals surface area (Å²) in [6.07, 6.45) is 2.16. The molecule has 4 rings (SSSR count). The van der Waals surface area contributed by atoms with Gasteiger partial charge in [0.05, 0.1) is 12.3 Å². The van der Waals surface area contributed by atoms with Gasteiger partial charge in [0.25, 0.3) is 0 Å². The van der Waals surface area contributed by atoms with Gasteiger partial charge in [0.2, 0.25) is 5.60 Å². The normalized spacial score (nSPS) is 28.2. The number of anilines is 1. The van der Waals surface area contributed by atoms with Gasteiger partial charge in [0.15, 0.2) is 18.2 Å². The zero-order valence-corrected chi connectivity index (χ0v) is 22.1. The number of hydrogen-bond donors (Lipinski definition) is 4. The van der Waals surface area contributed by atoms with Gasteiger partial charge in [-0.05, 0) is 23.5 Å². The van der Waals surface area contributed by atoms with E-state index >= 15 is 0 Å². The Morgan fingerprint density at radius 1 is 1.34 bits per heavy atom. The molecule has 1 aliphatic carbocycles. The van der Waals surface area contributed by atoms with Gasteiger partial charge in [0.1, 0.15) is 36.2 Å². The van der Waals surface area contributed by atoms with Gasteiger partial charge in [-0.2, -0.15) is 10.4 Å². The van der Waals surface area contributed by atoms with E-state index in [-0.39, 0.29) is 18.1 Å². The molecule has 1 aliphatic heterocycles. The van der Waals surface area contributed by atoms with E-state index in [4.69, 9.17) is 25.7 Å². The number of aliphatic hydroxyl groups is 2. The maximum Gasteiger partial charge on any atom is 0.323 e. The van der Waals surface area contributed by atoms with Crippen molar-refractivity contribution in [2.45, 2.75) is 95.5 Å². The molecule has 0 spiro atoms. The first-order chi connectivity index (χ1) is 18.0. The molecule has 38 heavy (non-hydrogen) atoms. The van der Waals surface area contributed by atoms with Crippen molar-refractivity contribution in [3.05, 3.63) is 24.2 Å². The van der Waals surface area contributed by atoms with Gasteiger partial charge in [-0.25, -0.2) is 9.50 Å². The van der Waals surface area contributed by atoms with E-state index in [9.17, 15) is 20.3 Å². The second-order valence-corrected chi connectivity index (χ2v) is 11.4. The molecule has 2 aliphatic rings. The van der Waals surface area contributed by atoms with Crippen molar-refractivity contribution < 1.29 is 29.2 Å². The quantitative estimate of drug-likeness (QED) is 0.285. The number of carbonyl (C=O) groups is 1. The van der Waals surface area contributed by atoms with Crippen molar-refractivity contribution in [1.82, 2.24) is 14.6 Å². The molecule has 1 saturated carbocycles. The molecular formula is C26H38N6O6. The van der Waals surface area contributed by atoms with Crippen molar-refractivity contribution in [1.29, 1.82) is 5.26 Å². The number of fused-ring (bicyclic) bond motifs is 1. The smallest absolute Gasteiger partial charge is 0.323 e. The van der Waals surface area contributed by atoms with Gasteiger partial charge < -0.3 is 35.9 Å². The number of ether oxygens (including phenoxy) is 3. The number of carbonyl (C=O) groups excluding carboxylic acids is 1. The van der Waals surface area contributed by atoms with E-state index in [0.29, 0.717) is 17.9 Å². The number of nitriles is 1. The first-order valence-electron chi connectivity index (χ1n) is 13.1. The fourth-order valence-corrected chi connectivity index (χ4v) is 5.22. The summed E-state index contributed by atoms with van der Waals surface area (Å²) >= 11 is 0. The highest BCUT2D eigenvalue weighted by atomic mass is 16.6. The second-order valence-electron chi connectivity index (χ2n) is 11.4. The Labute approximate surface area is 221 Å². The number of esters is 1. The summed E-state index contributed by atoms with van der Waals surface area (Å²) in [4.78, 5) is 16.9. The molecule has 12 nitrogen and oxygen atoms in total. The summed E-state index contributed by atoms with van der Waals surface area (Å²) in [7, 11) is 0. The van der Waals surface area contributed by atoms with E-state index in [1.165, 1.54) is 17.3 Å². The first-order valence-corrected chi connectivity index (χ1v) is 13.1. The van der Waals surface area contributed by atoms with Crippen LogP contribution in [0.15, 0.2) is 18.5 Å². The molecule has 1 unspecified atom stereocenters. The summed E-state index contributed by atoms with van der Waals surface area (Å²) in [5.74, 6) is -0.211. The summed E-state index contributed by atoms with van der Waals surface area (Å²) in [5.41, 5.74) is 10.1. The average molecular weight is 531 g/mol. The van der Waals surface area contributed by atoms with Crippen molar-refractivity contribution in [3.63, 3.8) is 0 Å². The van der Waals surface area contributed by atoms with Gasteiger partial charge >= 0.3 is 5.97 Å². The SMILES string of the molecule is CC(C)(C)[C@H](N)C(=O)O[C@H]1[C@@H](O)[C@](C#N)(c2ccc3c(N)ncnn23)O[C@@H]1COC(O)CC1CCCCC1. The number of rotatable bonds is 8. The fourth-order valence-electron chi connectivity index (χ4n) is 5.22. The minimum Gasteiger partial charge on any atom is -0.455 e. The third kappa shape index (κ3) is 5.48. The molecule has 0 bridgehead atoms. The molecule has 3 heterocycles. The van der Waals surface area contributed by atoms with Crippen LogP contribution < -0.4 is 11.5 Å². The Kier molecular flexibility index (Phi) is 8.25. The molecular weight excluding hydrogens is 492 g/mol. The topological polar surface area (TPSA) is 191 Å². The minimum absolute atomic E-state index is 0.177. The van der Waals surface area contributed by atoms with E-state index in [2.05, 4.69) is 16.2 Å². The predicted octanol–water partition coefficient (Wildman–Crippen LogP) is 1.38. The Morgan fingerprint density at radius 2 is 2.05 bits per heavy atom. The van der Waals surface area contributed by atoms with Crippen LogP contribution in [-0.2, 0) is 24.6 Å². The maximum absolute atomic E-state index is 13.0. The second kappa shape index (κ2) is 11.1. The molecule has 0 amide bonds. The minimum atomic E-state index is -1.98. The number of nitrogens with zero attached hydrogens (tertiary/aromatic N) is 4. The van der Waals surface area contributed by atoms with Gasteiger partial charge in [-0.3, -0.25) is 4.79 Å². The molecule has 1 saturated heterocycles.